The second kappa shape index (κ2) is 10.3. The largest absolute Gasteiger partial charge is 0.496 e. The molecule has 0 saturated heterocycles. The molecule has 3 aromatic carbocycles. The van der Waals surface area contributed by atoms with Gasteiger partial charge in [-0.2, -0.15) is 16.9 Å². The number of benzene rings is 3. The minimum Gasteiger partial charge on any atom is -0.496 e. The molecule has 1 amide bonds. The second-order valence-electron chi connectivity index (χ2n) is 6.12. The van der Waals surface area contributed by atoms with E-state index in [0.29, 0.717) is 11.3 Å². The van der Waals surface area contributed by atoms with E-state index < -0.39 is 0 Å². The summed E-state index contributed by atoms with van der Waals surface area (Å²) in [6, 6.07) is 25.5. The van der Waals surface area contributed by atoms with E-state index >= 15 is 0 Å². The van der Waals surface area contributed by atoms with E-state index in [1.54, 1.807) is 13.3 Å². The van der Waals surface area contributed by atoms with Crippen molar-refractivity contribution in [3.63, 3.8) is 0 Å². The molecule has 0 unspecified atom stereocenters. The molecule has 0 aromatic heterocycles. The van der Waals surface area contributed by atoms with Crippen molar-refractivity contribution in [3.8, 4) is 5.75 Å². The van der Waals surface area contributed by atoms with Crippen molar-refractivity contribution in [2.24, 2.45) is 5.10 Å². The van der Waals surface area contributed by atoms with Crippen LogP contribution in [0.25, 0.3) is 0 Å². The van der Waals surface area contributed by atoms with Gasteiger partial charge in [-0.3, -0.25) is 4.79 Å². The molecule has 3 aromatic rings. The van der Waals surface area contributed by atoms with Crippen molar-refractivity contribution in [1.82, 2.24) is 5.43 Å². The summed E-state index contributed by atoms with van der Waals surface area (Å²) in [6.07, 6.45) is 1.57. The van der Waals surface area contributed by atoms with Crippen LogP contribution in [-0.2, 0) is 11.5 Å². The van der Waals surface area contributed by atoms with Crippen LogP contribution in [-0.4, -0.2) is 19.2 Å². The van der Waals surface area contributed by atoms with Crippen LogP contribution < -0.4 is 10.2 Å². The van der Waals surface area contributed by atoms with Gasteiger partial charge in [-0.1, -0.05) is 54.6 Å². The molecule has 0 radical (unpaired) electrons. The third-order valence-corrected chi connectivity index (χ3v) is 5.18. The molecule has 0 spiro atoms. The molecule has 3 rings (SSSR count). The summed E-state index contributed by atoms with van der Waals surface area (Å²) < 4.78 is 5.26. The minimum absolute atomic E-state index is 0.241. The average Bonchev–Trinajstić information content (AvgIpc) is 2.75. The summed E-state index contributed by atoms with van der Waals surface area (Å²) in [5.41, 5.74) is 6.44. The van der Waals surface area contributed by atoms with Crippen molar-refractivity contribution >= 4 is 23.9 Å². The van der Waals surface area contributed by atoms with Gasteiger partial charge in [0, 0.05) is 22.6 Å². The number of thioether (sulfide) groups is 1. The molecular formula is C23H22N2O2S. The topological polar surface area (TPSA) is 50.7 Å². The van der Waals surface area contributed by atoms with Gasteiger partial charge in [0.05, 0.1) is 13.3 Å². The fourth-order valence-electron chi connectivity index (χ4n) is 2.61. The Kier molecular flexibility index (Phi) is 7.27. The molecule has 0 atom stereocenters. The van der Waals surface area contributed by atoms with Gasteiger partial charge in [0.25, 0.3) is 5.91 Å². The van der Waals surface area contributed by atoms with Crippen LogP contribution >= 0.6 is 11.8 Å². The van der Waals surface area contributed by atoms with Crippen LogP contribution in [0.4, 0.5) is 0 Å². The van der Waals surface area contributed by atoms with Crippen molar-refractivity contribution in [1.29, 1.82) is 0 Å². The number of hydrogen-bond acceptors (Lipinski definition) is 4. The zero-order valence-corrected chi connectivity index (χ0v) is 16.5. The number of ether oxygens (including phenoxy) is 1. The first-order valence-electron chi connectivity index (χ1n) is 8.93. The lowest BCUT2D eigenvalue weighted by atomic mass is 10.1. The molecule has 0 aliphatic rings. The van der Waals surface area contributed by atoms with E-state index in [0.717, 1.165) is 17.1 Å². The molecule has 0 aliphatic carbocycles. The van der Waals surface area contributed by atoms with Gasteiger partial charge >= 0.3 is 0 Å². The van der Waals surface area contributed by atoms with Gasteiger partial charge in [0.1, 0.15) is 5.75 Å². The monoisotopic (exact) mass is 390 g/mol. The number of nitrogens with zero attached hydrogens (tertiary/aromatic N) is 1. The number of amides is 1. The van der Waals surface area contributed by atoms with Gasteiger partial charge in [0.2, 0.25) is 0 Å². The average molecular weight is 391 g/mol. The molecule has 0 bridgehead atoms. The first-order chi connectivity index (χ1) is 13.8. The predicted octanol–water partition coefficient (Wildman–Crippen LogP) is 4.89. The van der Waals surface area contributed by atoms with Crippen LogP contribution in [0.5, 0.6) is 5.75 Å². The van der Waals surface area contributed by atoms with E-state index in [4.69, 9.17) is 4.74 Å². The smallest absolute Gasteiger partial charge is 0.271 e. The third kappa shape index (κ3) is 5.72. The number of methoxy groups -OCH3 is 1. The quantitative estimate of drug-likeness (QED) is 0.440. The number of carbonyl (C=O) groups is 1. The Labute approximate surface area is 169 Å². The maximum Gasteiger partial charge on any atom is 0.271 e. The number of para-hydroxylation sites is 1. The summed E-state index contributed by atoms with van der Waals surface area (Å²) >= 11 is 1.85. The number of carbonyl (C=O) groups excluding carboxylic acids is 1. The molecule has 0 aliphatic heterocycles. The maximum atomic E-state index is 12.2. The van der Waals surface area contributed by atoms with Crippen LogP contribution in [0.15, 0.2) is 84.0 Å². The van der Waals surface area contributed by atoms with E-state index in [9.17, 15) is 4.79 Å². The highest BCUT2D eigenvalue weighted by Gasteiger charge is 2.05. The summed E-state index contributed by atoms with van der Waals surface area (Å²) in [4.78, 5) is 12.2. The third-order valence-electron chi connectivity index (χ3n) is 4.11. The Hall–Kier alpha value is -3.05. The molecule has 0 saturated carbocycles. The molecule has 4 nitrogen and oxygen atoms in total. The Morgan fingerprint density at radius 3 is 2.29 bits per heavy atom. The van der Waals surface area contributed by atoms with Gasteiger partial charge in [0.15, 0.2) is 0 Å². The Morgan fingerprint density at radius 1 is 0.929 bits per heavy atom. The van der Waals surface area contributed by atoms with Crippen molar-refractivity contribution in [2.75, 3.05) is 7.11 Å². The van der Waals surface area contributed by atoms with E-state index in [-0.39, 0.29) is 5.91 Å². The fourth-order valence-corrected chi connectivity index (χ4v) is 3.57. The van der Waals surface area contributed by atoms with Gasteiger partial charge in [-0.05, 0) is 35.4 Å². The summed E-state index contributed by atoms with van der Waals surface area (Å²) in [5, 5.41) is 4.02. The minimum atomic E-state index is -0.241. The summed E-state index contributed by atoms with van der Waals surface area (Å²) in [5.74, 6) is 2.34. The van der Waals surface area contributed by atoms with Gasteiger partial charge < -0.3 is 4.74 Å². The summed E-state index contributed by atoms with van der Waals surface area (Å²) in [7, 11) is 1.60. The number of rotatable bonds is 8. The van der Waals surface area contributed by atoms with Crippen molar-refractivity contribution in [2.45, 2.75) is 11.5 Å². The maximum absolute atomic E-state index is 12.2. The van der Waals surface area contributed by atoms with E-state index in [2.05, 4.69) is 34.8 Å². The Morgan fingerprint density at radius 2 is 1.57 bits per heavy atom. The predicted molar refractivity (Wildman–Crippen MR) is 116 cm³/mol. The Bertz CT molecular complexity index is 925. The second-order valence-corrected chi connectivity index (χ2v) is 7.10. The highest BCUT2D eigenvalue weighted by Crippen LogP contribution is 2.18. The highest BCUT2D eigenvalue weighted by molar-refractivity contribution is 7.97. The lowest BCUT2D eigenvalue weighted by molar-refractivity contribution is 0.0955. The SMILES string of the molecule is COc1ccccc1/C=N/NC(=O)c1ccc(CSCc2ccccc2)cc1. The molecule has 1 N–H and O–H groups in total. The molecule has 0 heterocycles. The standard InChI is InChI=1S/C23H22N2O2S/c1-27-22-10-6-5-9-21(22)15-24-25-23(26)20-13-11-19(12-14-20)17-28-16-18-7-3-2-4-8-18/h2-15H,16-17H2,1H3,(H,25,26)/b24-15+. The number of hydrazone groups is 1. The molecule has 0 fully saturated rings. The highest BCUT2D eigenvalue weighted by atomic mass is 32.2. The Balaban J connectivity index is 1.50. The molecule has 142 valence electrons. The van der Waals surface area contributed by atoms with Crippen LogP contribution in [0.1, 0.15) is 27.0 Å². The van der Waals surface area contributed by atoms with Gasteiger partial charge in [-0.15, -0.1) is 0 Å². The van der Waals surface area contributed by atoms with Crippen LogP contribution in [0, 0.1) is 0 Å². The van der Waals surface area contributed by atoms with Gasteiger partial charge in [-0.25, -0.2) is 5.43 Å². The van der Waals surface area contributed by atoms with Crippen molar-refractivity contribution < 1.29 is 9.53 Å². The van der Waals surface area contributed by atoms with Crippen LogP contribution in [0.2, 0.25) is 0 Å². The summed E-state index contributed by atoms with van der Waals surface area (Å²) in [6.45, 7) is 0. The molecule has 5 heteroatoms. The molecular weight excluding hydrogens is 368 g/mol. The van der Waals surface area contributed by atoms with E-state index in [1.165, 1.54) is 11.1 Å². The van der Waals surface area contributed by atoms with E-state index in [1.807, 2.05) is 66.4 Å². The number of hydrogen-bond donors (Lipinski definition) is 1. The van der Waals surface area contributed by atoms with Crippen LogP contribution in [0.3, 0.4) is 0 Å². The van der Waals surface area contributed by atoms with Crippen molar-refractivity contribution in [3.05, 3.63) is 101 Å². The normalized spacial score (nSPS) is 10.8. The molecule has 28 heavy (non-hydrogen) atoms. The zero-order chi connectivity index (χ0) is 19.6. The lowest BCUT2D eigenvalue weighted by Crippen LogP contribution is -2.17. The number of nitrogens with one attached hydrogen (secondary N) is 1. The lowest BCUT2D eigenvalue weighted by Gasteiger charge is -2.05. The fraction of sp³-hybridized carbons (Fsp3) is 0.130. The first kappa shape index (κ1) is 19.7. The first-order valence-corrected chi connectivity index (χ1v) is 10.1. The zero-order valence-electron chi connectivity index (χ0n) is 15.7.